The fourth-order valence-corrected chi connectivity index (χ4v) is 1.93. The van der Waals surface area contributed by atoms with Gasteiger partial charge in [-0.2, -0.15) is 0 Å². The van der Waals surface area contributed by atoms with Crippen molar-refractivity contribution in [2.45, 2.75) is 6.04 Å². The number of nitrogens with one attached hydrogen (secondary N) is 1. The van der Waals surface area contributed by atoms with Crippen LogP contribution in [0.4, 0.5) is 0 Å². The second kappa shape index (κ2) is 6.26. The van der Waals surface area contributed by atoms with E-state index in [0.29, 0.717) is 18.7 Å². The molecule has 0 fully saturated rings. The summed E-state index contributed by atoms with van der Waals surface area (Å²) in [5.41, 5.74) is 6.99. The first kappa shape index (κ1) is 13.5. The van der Waals surface area contributed by atoms with Gasteiger partial charge in [0, 0.05) is 30.8 Å². The molecule has 100 valence electrons. The van der Waals surface area contributed by atoms with Crippen molar-refractivity contribution >= 4 is 16.8 Å². The smallest absolute Gasteiger partial charge is 0.252 e. The number of fused-ring (bicyclic) bond motifs is 1. The minimum atomic E-state index is -0.190. The molecular formula is C14H17N3O2. The van der Waals surface area contributed by atoms with Gasteiger partial charge in [0.15, 0.2) is 0 Å². The van der Waals surface area contributed by atoms with Crippen LogP contribution in [0.15, 0.2) is 36.5 Å². The van der Waals surface area contributed by atoms with E-state index in [-0.39, 0.29) is 11.9 Å². The van der Waals surface area contributed by atoms with Crippen molar-refractivity contribution in [3.8, 4) is 0 Å². The van der Waals surface area contributed by atoms with E-state index in [1.165, 1.54) is 0 Å². The molecule has 0 aliphatic carbocycles. The predicted octanol–water partition coefficient (Wildman–Crippen LogP) is 0.938. The van der Waals surface area contributed by atoms with Crippen molar-refractivity contribution in [3.63, 3.8) is 0 Å². The highest BCUT2D eigenvalue weighted by Gasteiger charge is 2.14. The third-order valence-electron chi connectivity index (χ3n) is 2.88. The van der Waals surface area contributed by atoms with Crippen LogP contribution in [-0.4, -0.2) is 37.2 Å². The maximum absolute atomic E-state index is 12.3. The summed E-state index contributed by atoms with van der Waals surface area (Å²) in [6.07, 6.45) is 1.71. The molecule has 2 rings (SSSR count). The summed E-state index contributed by atoms with van der Waals surface area (Å²) in [5, 5.41) is 3.69. The van der Waals surface area contributed by atoms with Gasteiger partial charge in [-0.05, 0) is 18.2 Å². The van der Waals surface area contributed by atoms with Crippen molar-refractivity contribution in [2.75, 3.05) is 20.3 Å². The zero-order valence-corrected chi connectivity index (χ0v) is 10.8. The molecule has 0 spiro atoms. The molecular weight excluding hydrogens is 242 g/mol. The van der Waals surface area contributed by atoms with Gasteiger partial charge in [0.2, 0.25) is 0 Å². The van der Waals surface area contributed by atoms with Gasteiger partial charge in [-0.15, -0.1) is 0 Å². The molecule has 0 aliphatic heterocycles. The maximum Gasteiger partial charge on any atom is 0.252 e. The third-order valence-corrected chi connectivity index (χ3v) is 2.88. The van der Waals surface area contributed by atoms with Crippen LogP contribution >= 0.6 is 0 Å². The lowest BCUT2D eigenvalue weighted by molar-refractivity contribution is 0.0902. The maximum atomic E-state index is 12.3. The summed E-state index contributed by atoms with van der Waals surface area (Å²) in [7, 11) is 1.58. The summed E-state index contributed by atoms with van der Waals surface area (Å²) in [5.74, 6) is -0.161. The van der Waals surface area contributed by atoms with Gasteiger partial charge in [0.05, 0.1) is 18.2 Å². The van der Waals surface area contributed by atoms with Gasteiger partial charge in [-0.25, -0.2) is 0 Å². The number of hydrogen-bond acceptors (Lipinski definition) is 4. The fraction of sp³-hybridized carbons (Fsp3) is 0.286. The van der Waals surface area contributed by atoms with Crippen molar-refractivity contribution < 1.29 is 9.53 Å². The molecule has 5 nitrogen and oxygen atoms in total. The molecule has 1 amide bonds. The highest BCUT2D eigenvalue weighted by atomic mass is 16.5. The lowest BCUT2D eigenvalue weighted by Crippen LogP contribution is -2.43. The highest BCUT2D eigenvalue weighted by molar-refractivity contribution is 6.06. The number of amides is 1. The van der Waals surface area contributed by atoms with Crippen LogP contribution in [0.25, 0.3) is 10.9 Å². The molecule has 0 radical (unpaired) electrons. The van der Waals surface area contributed by atoms with Crippen LogP contribution < -0.4 is 11.1 Å². The zero-order chi connectivity index (χ0) is 13.7. The van der Waals surface area contributed by atoms with Crippen LogP contribution in [-0.2, 0) is 4.74 Å². The van der Waals surface area contributed by atoms with Gasteiger partial charge in [-0.1, -0.05) is 12.1 Å². The van der Waals surface area contributed by atoms with Crippen molar-refractivity contribution in [2.24, 2.45) is 5.73 Å². The Morgan fingerprint density at radius 2 is 2.26 bits per heavy atom. The fourth-order valence-electron chi connectivity index (χ4n) is 1.93. The number of aromatic nitrogens is 1. The van der Waals surface area contributed by atoms with E-state index in [1.54, 1.807) is 19.4 Å². The quantitative estimate of drug-likeness (QED) is 0.837. The van der Waals surface area contributed by atoms with Gasteiger partial charge in [-0.3, -0.25) is 9.78 Å². The molecule has 1 aromatic heterocycles. The summed E-state index contributed by atoms with van der Waals surface area (Å²) < 4.78 is 5.01. The summed E-state index contributed by atoms with van der Waals surface area (Å²) in [6, 6.07) is 8.98. The molecule has 2 aromatic rings. The van der Waals surface area contributed by atoms with Gasteiger partial charge in [0.25, 0.3) is 5.91 Å². The number of benzene rings is 1. The molecule has 1 atom stereocenters. The summed E-state index contributed by atoms with van der Waals surface area (Å²) >= 11 is 0. The minimum Gasteiger partial charge on any atom is -0.383 e. The Kier molecular flexibility index (Phi) is 4.43. The standard InChI is InChI=1S/C14H17N3O2/c1-19-9-10(8-15)17-14(18)12-4-2-6-13-11(12)5-3-7-16-13/h2-7,10H,8-9,15H2,1H3,(H,17,18). The monoisotopic (exact) mass is 259 g/mol. The van der Waals surface area contributed by atoms with E-state index in [1.807, 2.05) is 24.3 Å². The Hall–Kier alpha value is -1.98. The van der Waals surface area contributed by atoms with Crippen LogP contribution in [0, 0.1) is 0 Å². The Morgan fingerprint density at radius 1 is 1.42 bits per heavy atom. The van der Waals surface area contributed by atoms with E-state index in [2.05, 4.69) is 10.3 Å². The Bertz CT molecular complexity index is 566. The van der Waals surface area contributed by atoms with Crippen LogP contribution in [0.5, 0.6) is 0 Å². The zero-order valence-electron chi connectivity index (χ0n) is 10.8. The van der Waals surface area contributed by atoms with Gasteiger partial charge in [0.1, 0.15) is 0 Å². The molecule has 0 saturated carbocycles. The van der Waals surface area contributed by atoms with Gasteiger partial charge >= 0.3 is 0 Å². The number of nitrogens with two attached hydrogens (primary N) is 1. The average molecular weight is 259 g/mol. The van der Waals surface area contributed by atoms with Crippen molar-refractivity contribution in [1.29, 1.82) is 0 Å². The van der Waals surface area contributed by atoms with Crippen LogP contribution in [0.1, 0.15) is 10.4 Å². The molecule has 5 heteroatoms. The SMILES string of the molecule is COCC(CN)NC(=O)c1cccc2ncccc12. The lowest BCUT2D eigenvalue weighted by atomic mass is 10.1. The number of hydrogen-bond donors (Lipinski definition) is 2. The summed E-state index contributed by atoms with van der Waals surface area (Å²) in [4.78, 5) is 16.5. The van der Waals surface area contributed by atoms with E-state index in [0.717, 1.165) is 10.9 Å². The molecule has 1 heterocycles. The van der Waals surface area contributed by atoms with Gasteiger partial charge < -0.3 is 15.8 Å². The number of carbonyl (C=O) groups excluding carboxylic acids is 1. The normalized spacial score (nSPS) is 12.3. The van der Waals surface area contributed by atoms with Crippen molar-refractivity contribution in [1.82, 2.24) is 10.3 Å². The number of methoxy groups -OCH3 is 1. The minimum absolute atomic E-state index is 0.161. The van der Waals surface area contributed by atoms with E-state index in [4.69, 9.17) is 10.5 Å². The number of ether oxygens (including phenoxy) is 1. The molecule has 1 unspecified atom stereocenters. The molecule has 3 N–H and O–H groups in total. The molecule has 19 heavy (non-hydrogen) atoms. The first-order valence-corrected chi connectivity index (χ1v) is 6.10. The second-order valence-electron chi connectivity index (χ2n) is 4.24. The van der Waals surface area contributed by atoms with E-state index >= 15 is 0 Å². The number of rotatable bonds is 5. The Balaban J connectivity index is 2.26. The van der Waals surface area contributed by atoms with Crippen LogP contribution in [0.3, 0.4) is 0 Å². The second-order valence-corrected chi connectivity index (χ2v) is 4.24. The summed E-state index contributed by atoms with van der Waals surface area (Å²) in [6.45, 7) is 0.730. The molecule has 1 aromatic carbocycles. The number of carbonyl (C=O) groups is 1. The predicted molar refractivity (Wildman–Crippen MR) is 73.9 cm³/mol. The Morgan fingerprint density at radius 3 is 3.00 bits per heavy atom. The number of pyridine rings is 1. The van der Waals surface area contributed by atoms with E-state index in [9.17, 15) is 4.79 Å². The van der Waals surface area contributed by atoms with Crippen LogP contribution in [0.2, 0.25) is 0 Å². The highest BCUT2D eigenvalue weighted by Crippen LogP contribution is 2.16. The Labute approximate surface area is 111 Å². The lowest BCUT2D eigenvalue weighted by Gasteiger charge is -2.16. The largest absolute Gasteiger partial charge is 0.383 e. The topological polar surface area (TPSA) is 77.2 Å². The molecule has 0 saturated heterocycles. The first-order chi connectivity index (χ1) is 9.26. The molecule has 0 bridgehead atoms. The average Bonchev–Trinajstić information content (AvgIpc) is 2.46. The van der Waals surface area contributed by atoms with Crippen molar-refractivity contribution in [3.05, 3.63) is 42.1 Å². The third kappa shape index (κ3) is 3.07. The molecule has 0 aliphatic rings. The number of nitrogens with zero attached hydrogens (tertiary/aromatic N) is 1. The van der Waals surface area contributed by atoms with E-state index < -0.39 is 0 Å². The first-order valence-electron chi connectivity index (χ1n) is 6.10.